The van der Waals surface area contributed by atoms with Gasteiger partial charge in [-0.1, -0.05) is 24.3 Å². The summed E-state index contributed by atoms with van der Waals surface area (Å²) in [5, 5.41) is 0. The van der Waals surface area contributed by atoms with E-state index in [9.17, 15) is 4.55 Å². The van der Waals surface area contributed by atoms with Crippen molar-refractivity contribution in [2.24, 2.45) is 0 Å². The SMILES string of the molecule is CC(N[S+]([O-])C(C)(C)C)c1ccc(C2CC2)cc1. The van der Waals surface area contributed by atoms with Gasteiger partial charge in [-0.05, 0) is 57.6 Å². The Morgan fingerprint density at radius 3 is 2.22 bits per heavy atom. The zero-order valence-corrected chi connectivity index (χ0v) is 12.5. The molecule has 1 N–H and O–H groups in total. The molecule has 100 valence electrons. The zero-order valence-electron chi connectivity index (χ0n) is 11.7. The minimum atomic E-state index is -1.02. The van der Waals surface area contributed by atoms with E-state index in [1.54, 1.807) is 0 Å². The van der Waals surface area contributed by atoms with E-state index in [4.69, 9.17) is 0 Å². The summed E-state index contributed by atoms with van der Waals surface area (Å²) in [5.41, 5.74) is 2.65. The van der Waals surface area contributed by atoms with Gasteiger partial charge in [0.25, 0.3) is 0 Å². The fourth-order valence-corrected chi connectivity index (χ4v) is 2.69. The number of benzene rings is 1. The van der Waals surface area contributed by atoms with Crippen LogP contribution in [0.4, 0.5) is 0 Å². The molecule has 1 aromatic carbocycles. The number of rotatable bonds is 4. The molecule has 3 heteroatoms. The highest BCUT2D eigenvalue weighted by atomic mass is 32.2. The zero-order chi connectivity index (χ0) is 13.3. The average molecular weight is 265 g/mol. The van der Waals surface area contributed by atoms with Crippen molar-refractivity contribution < 1.29 is 4.55 Å². The van der Waals surface area contributed by atoms with Gasteiger partial charge in [0.2, 0.25) is 0 Å². The maximum atomic E-state index is 12.0. The summed E-state index contributed by atoms with van der Waals surface area (Å²) in [6.45, 7) is 8.02. The Morgan fingerprint density at radius 1 is 1.22 bits per heavy atom. The molecular formula is C15H23NOS. The van der Waals surface area contributed by atoms with E-state index in [0.717, 1.165) is 5.92 Å². The number of hydrogen-bond acceptors (Lipinski definition) is 2. The van der Waals surface area contributed by atoms with E-state index in [-0.39, 0.29) is 10.8 Å². The van der Waals surface area contributed by atoms with Gasteiger partial charge in [0, 0.05) is 11.4 Å². The first-order chi connectivity index (χ1) is 8.38. The molecular weight excluding hydrogens is 242 g/mol. The topological polar surface area (TPSA) is 35.1 Å². The fraction of sp³-hybridized carbons (Fsp3) is 0.600. The summed E-state index contributed by atoms with van der Waals surface area (Å²) in [6.07, 6.45) is 2.67. The van der Waals surface area contributed by atoms with Crippen molar-refractivity contribution in [2.45, 2.75) is 57.2 Å². The van der Waals surface area contributed by atoms with Crippen LogP contribution >= 0.6 is 0 Å². The van der Waals surface area contributed by atoms with Gasteiger partial charge in [-0.15, -0.1) is 4.72 Å². The second-order valence-corrected chi connectivity index (χ2v) is 8.16. The first-order valence-electron chi connectivity index (χ1n) is 6.66. The summed E-state index contributed by atoms with van der Waals surface area (Å²) in [6, 6.07) is 8.87. The van der Waals surface area contributed by atoms with Crippen molar-refractivity contribution in [1.82, 2.24) is 4.72 Å². The monoisotopic (exact) mass is 265 g/mol. The third-order valence-electron chi connectivity index (χ3n) is 3.33. The van der Waals surface area contributed by atoms with Gasteiger partial charge in [-0.2, -0.15) is 0 Å². The van der Waals surface area contributed by atoms with Crippen LogP contribution in [0, 0.1) is 0 Å². The standard InChI is InChI=1S/C15H23NOS/c1-11(16-18(17)15(2,3)4)12-5-7-13(8-6-12)14-9-10-14/h5-8,11,14,16H,9-10H2,1-4H3. The molecule has 0 amide bonds. The molecule has 0 spiro atoms. The number of nitrogens with one attached hydrogen (secondary N) is 1. The van der Waals surface area contributed by atoms with Crippen LogP contribution in [0.3, 0.4) is 0 Å². The van der Waals surface area contributed by atoms with Crippen LogP contribution in [0.5, 0.6) is 0 Å². The predicted octanol–water partition coefficient (Wildman–Crippen LogP) is 3.68. The second-order valence-electron chi connectivity index (χ2n) is 6.16. The Bertz CT molecular complexity index is 392. The molecule has 0 saturated heterocycles. The van der Waals surface area contributed by atoms with Crippen LogP contribution in [0.2, 0.25) is 0 Å². The van der Waals surface area contributed by atoms with Crippen molar-refractivity contribution in [3.63, 3.8) is 0 Å². The van der Waals surface area contributed by atoms with Crippen LogP contribution in [-0.4, -0.2) is 9.30 Å². The quantitative estimate of drug-likeness (QED) is 0.843. The summed E-state index contributed by atoms with van der Waals surface area (Å²) in [7, 11) is 0. The highest BCUT2D eigenvalue weighted by Gasteiger charge is 2.28. The molecule has 1 aliphatic carbocycles. The van der Waals surface area contributed by atoms with Crippen LogP contribution < -0.4 is 4.72 Å². The lowest BCUT2D eigenvalue weighted by molar-refractivity contribution is 0.531. The minimum absolute atomic E-state index is 0.123. The lowest BCUT2D eigenvalue weighted by Gasteiger charge is -2.26. The van der Waals surface area contributed by atoms with Gasteiger partial charge in [-0.25, -0.2) is 0 Å². The van der Waals surface area contributed by atoms with Crippen LogP contribution in [-0.2, 0) is 11.4 Å². The van der Waals surface area contributed by atoms with Crippen molar-refractivity contribution in [3.05, 3.63) is 35.4 Å². The van der Waals surface area contributed by atoms with Crippen molar-refractivity contribution in [1.29, 1.82) is 0 Å². The molecule has 0 aliphatic heterocycles. The van der Waals surface area contributed by atoms with Gasteiger partial charge in [-0.3, -0.25) is 0 Å². The molecule has 2 nitrogen and oxygen atoms in total. The Hall–Kier alpha value is -0.510. The third kappa shape index (κ3) is 3.50. The molecule has 0 radical (unpaired) electrons. The Labute approximate surface area is 113 Å². The summed E-state index contributed by atoms with van der Waals surface area (Å²) < 4.78 is 15.0. The number of hydrogen-bond donors (Lipinski definition) is 1. The lowest BCUT2D eigenvalue weighted by atomic mass is 10.0. The van der Waals surface area contributed by atoms with E-state index in [0.29, 0.717) is 0 Å². The Kier molecular flexibility index (Phi) is 4.05. The molecule has 0 aromatic heterocycles. The maximum Gasteiger partial charge on any atom is 0.136 e. The van der Waals surface area contributed by atoms with Gasteiger partial charge >= 0.3 is 0 Å². The van der Waals surface area contributed by atoms with E-state index in [1.165, 1.54) is 24.0 Å². The average Bonchev–Trinajstić information content (AvgIpc) is 3.11. The molecule has 1 saturated carbocycles. The van der Waals surface area contributed by atoms with Crippen LogP contribution in [0.25, 0.3) is 0 Å². The largest absolute Gasteiger partial charge is 0.598 e. The Morgan fingerprint density at radius 2 is 1.78 bits per heavy atom. The molecule has 1 fully saturated rings. The summed E-state index contributed by atoms with van der Waals surface area (Å²) in [4.78, 5) is 0. The Balaban J connectivity index is 1.97. The van der Waals surface area contributed by atoms with Gasteiger partial charge in [0.15, 0.2) is 0 Å². The molecule has 2 rings (SSSR count). The first kappa shape index (κ1) is 13.9. The third-order valence-corrected chi connectivity index (χ3v) is 5.01. The molecule has 1 aromatic rings. The van der Waals surface area contributed by atoms with E-state index < -0.39 is 11.4 Å². The molecule has 18 heavy (non-hydrogen) atoms. The molecule has 1 aliphatic rings. The molecule has 0 heterocycles. The van der Waals surface area contributed by atoms with E-state index in [1.807, 2.05) is 20.8 Å². The molecule has 2 atom stereocenters. The second kappa shape index (κ2) is 5.24. The smallest absolute Gasteiger partial charge is 0.136 e. The maximum absolute atomic E-state index is 12.0. The minimum Gasteiger partial charge on any atom is -0.598 e. The first-order valence-corrected chi connectivity index (χ1v) is 7.81. The normalized spacial score (nSPS) is 19.6. The molecule has 0 bridgehead atoms. The van der Waals surface area contributed by atoms with Crippen molar-refractivity contribution >= 4 is 11.4 Å². The van der Waals surface area contributed by atoms with Gasteiger partial charge in [0.1, 0.15) is 4.75 Å². The highest BCUT2D eigenvalue weighted by Crippen LogP contribution is 2.40. The molecule has 2 unspecified atom stereocenters. The van der Waals surface area contributed by atoms with Crippen LogP contribution in [0.15, 0.2) is 24.3 Å². The van der Waals surface area contributed by atoms with Crippen molar-refractivity contribution in [2.75, 3.05) is 0 Å². The fourth-order valence-electron chi connectivity index (χ4n) is 1.88. The van der Waals surface area contributed by atoms with Crippen LogP contribution in [0.1, 0.15) is 63.6 Å². The summed E-state index contributed by atoms with van der Waals surface area (Å²) in [5.74, 6) is 0.797. The van der Waals surface area contributed by atoms with E-state index >= 15 is 0 Å². The van der Waals surface area contributed by atoms with Gasteiger partial charge < -0.3 is 4.55 Å². The van der Waals surface area contributed by atoms with E-state index in [2.05, 4.69) is 35.9 Å². The van der Waals surface area contributed by atoms with Crippen molar-refractivity contribution in [3.8, 4) is 0 Å². The van der Waals surface area contributed by atoms with Gasteiger partial charge in [0.05, 0.1) is 6.04 Å². The lowest BCUT2D eigenvalue weighted by Crippen LogP contribution is -2.40. The summed E-state index contributed by atoms with van der Waals surface area (Å²) >= 11 is -1.02. The highest BCUT2D eigenvalue weighted by molar-refractivity contribution is 7.90. The predicted molar refractivity (Wildman–Crippen MR) is 77.9 cm³/mol.